The number of piperidine rings is 1. The van der Waals surface area contributed by atoms with Gasteiger partial charge in [0.1, 0.15) is 5.82 Å². The molecule has 1 saturated heterocycles. The molecule has 0 radical (unpaired) electrons. The number of nitrogens with zero attached hydrogens (tertiary/aromatic N) is 1. The Balaban J connectivity index is 1.89. The van der Waals surface area contributed by atoms with Gasteiger partial charge in [0.05, 0.1) is 12.0 Å². The summed E-state index contributed by atoms with van der Waals surface area (Å²) in [5.74, 6) is -1.20. The van der Waals surface area contributed by atoms with Gasteiger partial charge in [-0.25, -0.2) is 4.39 Å². The molecule has 2 heterocycles. The van der Waals surface area contributed by atoms with Crippen LogP contribution >= 0.6 is 11.3 Å². The average Bonchev–Trinajstić information content (AvgIpc) is 2.94. The van der Waals surface area contributed by atoms with E-state index in [4.69, 9.17) is 0 Å². The van der Waals surface area contributed by atoms with Gasteiger partial charge in [0, 0.05) is 4.88 Å². The molecule has 3 rings (SSSR count). The fraction of sp³-hybridized carbons (Fsp3) is 0.389. The smallest absolute Gasteiger partial charge is 0.306 e. The standard InChI is InChI=1S/C18H20FNO2S/c1-12-9-16(23-11-12)17(14-3-2-4-15(19)10-14)20-7-5-13(6-8-20)18(21)22/h2-4,9-11,13,17H,5-8H2,1H3,(H,21,22). The van der Waals surface area contributed by atoms with E-state index in [0.717, 1.165) is 18.7 Å². The van der Waals surface area contributed by atoms with Gasteiger partial charge in [-0.3, -0.25) is 9.69 Å². The van der Waals surface area contributed by atoms with Crippen LogP contribution < -0.4 is 0 Å². The van der Waals surface area contributed by atoms with Crippen molar-refractivity contribution in [3.05, 3.63) is 57.5 Å². The Morgan fingerprint density at radius 3 is 2.65 bits per heavy atom. The van der Waals surface area contributed by atoms with E-state index >= 15 is 0 Å². The Bertz CT molecular complexity index is 692. The number of carboxylic acids is 1. The van der Waals surface area contributed by atoms with Gasteiger partial charge in [0.25, 0.3) is 0 Å². The fourth-order valence-electron chi connectivity index (χ4n) is 3.23. The SMILES string of the molecule is Cc1csc(C(c2cccc(F)c2)N2CCC(C(=O)O)CC2)c1. The summed E-state index contributed by atoms with van der Waals surface area (Å²) < 4.78 is 13.7. The van der Waals surface area contributed by atoms with E-state index in [1.807, 2.05) is 6.07 Å². The summed E-state index contributed by atoms with van der Waals surface area (Å²) >= 11 is 1.68. The van der Waals surface area contributed by atoms with Crippen molar-refractivity contribution in [1.82, 2.24) is 4.90 Å². The first-order valence-corrected chi connectivity index (χ1v) is 8.70. The molecule has 0 saturated carbocycles. The van der Waals surface area contributed by atoms with Gasteiger partial charge in [-0.05, 0) is 67.6 Å². The summed E-state index contributed by atoms with van der Waals surface area (Å²) in [7, 11) is 0. The summed E-state index contributed by atoms with van der Waals surface area (Å²) in [6.45, 7) is 3.49. The van der Waals surface area contributed by atoms with Crippen molar-refractivity contribution in [2.24, 2.45) is 5.92 Å². The number of likely N-dealkylation sites (tertiary alicyclic amines) is 1. The molecule has 0 spiro atoms. The van der Waals surface area contributed by atoms with Crippen LogP contribution in [0.5, 0.6) is 0 Å². The van der Waals surface area contributed by atoms with Gasteiger partial charge < -0.3 is 5.11 Å². The van der Waals surface area contributed by atoms with Crippen LogP contribution in [-0.2, 0) is 4.79 Å². The zero-order chi connectivity index (χ0) is 16.4. The highest BCUT2D eigenvalue weighted by Gasteiger charge is 2.30. The number of benzene rings is 1. The van der Waals surface area contributed by atoms with Crippen molar-refractivity contribution < 1.29 is 14.3 Å². The first-order valence-electron chi connectivity index (χ1n) is 7.82. The minimum Gasteiger partial charge on any atom is -0.481 e. The van der Waals surface area contributed by atoms with E-state index in [2.05, 4.69) is 23.3 Å². The van der Waals surface area contributed by atoms with Crippen LogP contribution in [0.15, 0.2) is 35.7 Å². The van der Waals surface area contributed by atoms with E-state index in [1.54, 1.807) is 23.5 Å². The molecule has 1 atom stereocenters. The number of aryl methyl sites for hydroxylation is 1. The predicted molar refractivity (Wildman–Crippen MR) is 89.2 cm³/mol. The molecule has 1 fully saturated rings. The van der Waals surface area contributed by atoms with Crippen molar-refractivity contribution in [1.29, 1.82) is 0 Å². The highest BCUT2D eigenvalue weighted by atomic mass is 32.1. The molecule has 1 N–H and O–H groups in total. The van der Waals surface area contributed by atoms with Crippen LogP contribution in [0.3, 0.4) is 0 Å². The van der Waals surface area contributed by atoms with Crippen LogP contribution in [0.25, 0.3) is 0 Å². The van der Waals surface area contributed by atoms with Crippen molar-refractivity contribution in [3.63, 3.8) is 0 Å². The predicted octanol–water partition coefficient (Wildman–Crippen LogP) is 4.08. The van der Waals surface area contributed by atoms with Gasteiger partial charge in [-0.2, -0.15) is 0 Å². The van der Waals surface area contributed by atoms with Crippen molar-refractivity contribution in [2.75, 3.05) is 13.1 Å². The molecule has 2 aromatic rings. The zero-order valence-electron chi connectivity index (χ0n) is 13.0. The van der Waals surface area contributed by atoms with E-state index < -0.39 is 5.97 Å². The molecule has 1 unspecified atom stereocenters. The monoisotopic (exact) mass is 333 g/mol. The summed E-state index contributed by atoms with van der Waals surface area (Å²) in [5, 5.41) is 11.3. The largest absolute Gasteiger partial charge is 0.481 e. The summed E-state index contributed by atoms with van der Waals surface area (Å²) in [6.07, 6.45) is 1.29. The Kier molecular flexibility index (Phi) is 4.78. The van der Waals surface area contributed by atoms with Crippen LogP contribution in [0.4, 0.5) is 4.39 Å². The second-order valence-corrected chi connectivity index (χ2v) is 7.08. The molecular formula is C18H20FNO2S. The lowest BCUT2D eigenvalue weighted by Crippen LogP contribution is -2.39. The Hall–Kier alpha value is -1.72. The van der Waals surface area contributed by atoms with Gasteiger partial charge in [0.15, 0.2) is 0 Å². The van der Waals surface area contributed by atoms with Crippen molar-refractivity contribution >= 4 is 17.3 Å². The third kappa shape index (κ3) is 3.62. The Morgan fingerprint density at radius 1 is 1.35 bits per heavy atom. The second-order valence-electron chi connectivity index (χ2n) is 6.13. The van der Waals surface area contributed by atoms with Crippen molar-refractivity contribution in [3.8, 4) is 0 Å². The number of rotatable bonds is 4. The van der Waals surface area contributed by atoms with Crippen LogP contribution in [0.2, 0.25) is 0 Å². The maximum Gasteiger partial charge on any atom is 0.306 e. The number of thiophene rings is 1. The lowest BCUT2D eigenvalue weighted by atomic mass is 9.93. The highest BCUT2D eigenvalue weighted by molar-refractivity contribution is 7.10. The van der Waals surface area contributed by atoms with E-state index in [9.17, 15) is 14.3 Å². The number of carboxylic acid groups (broad SMARTS) is 1. The molecule has 1 aromatic heterocycles. The molecule has 3 nitrogen and oxygen atoms in total. The topological polar surface area (TPSA) is 40.5 Å². The Morgan fingerprint density at radius 2 is 2.09 bits per heavy atom. The maximum atomic E-state index is 13.7. The minimum atomic E-state index is -0.709. The van der Waals surface area contributed by atoms with Gasteiger partial charge in [-0.1, -0.05) is 12.1 Å². The molecule has 1 aliphatic rings. The highest BCUT2D eigenvalue weighted by Crippen LogP contribution is 2.35. The summed E-state index contributed by atoms with van der Waals surface area (Å²) in [6, 6.07) is 8.87. The molecular weight excluding hydrogens is 313 g/mol. The number of aliphatic carboxylic acids is 1. The molecule has 1 aromatic carbocycles. The molecule has 23 heavy (non-hydrogen) atoms. The quantitative estimate of drug-likeness (QED) is 0.916. The van der Waals surface area contributed by atoms with E-state index in [1.165, 1.54) is 16.5 Å². The fourth-order valence-corrected chi connectivity index (χ4v) is 4.29. The van der Waals surface area contributed by atoms with E-state index in [0.29, 0.717) is 12.8 Å². The minimum absolute atomic E-state index is 0.000792. The number of hydrogen-bond acceptors (Lipinski definition) is 3. The number of halogens is 1. The maximum absolute atomic E-state index is 13.7. The average molecular weight is 333 g/mol. The summed E-state index contributed by atoms with van der Waals surface area (Å²) in [5.41, 5.74) is 2.13. The van der Waals surface area contributed by atoms with Gasteiger partial charge in [-0.15, -0.1) is 11.3 Å². The van der Waals surface area contributed by atoms with E-state index in [-0.39, 0.29) is 17.8 Å². The normalized spacial score (nSPS) is 18.0. The lowest BCUT2D eigenvalue weighted by Gasteiger charge is -2.36. The van der Waals surface area contributed by atoms with Crippen LogP contribution in [0, 0.1) is 18.7 Å². The number of carbonyl (C=O) groups is 1. The molecule has 1 aliphatic heterocycles. The lowest BCUT2D eigenvalue weighted by molar-refractivity contribution is -0.143. The van der Waals surface area contributed by atoms with Crippen molar-refractivity contribution in [2.45, 2.75) is 25.8 Å². The van der Waals surface area contributed by atoms with Gasteiger partial charge in [0.2, 0.25) is 0 Å². The summed E-state index contributed by atoms with van der Waals surface area (Å²) in [4.78, 5) is 14.6. The molecule has 0 bridgehead atoms. The molecule has 0 amide bonds. The zero-order valence-corrected chi connectivity index (χ0v) is 13.9. The first-order chi connectivity index (χ1) is 11.0. The third-order valence-corrected chi connectivity index (χ3v) is 5.53. The van der Waals surface area contributed by atoms with Crippen LogP contribution in [0.1, 0.15) is 34.9 Å². The third-order valence-electron chi connectivity index (χ3n) is 4.43. The first kappa shape index (κ1) is 16.1. The molecule has 5 heteroatoms. The van der Waals surface area contributed by atoms with Gasteiger partial charge >= 0.3 is 5.97 Å². The second kappa shape index (κ2) is 6.81. The molecule has 122 valence electrons. The number of hydrogen-bond donors (Lipinski definition) is 1. The Labute approximate surface area is 139 Å². The van der Waals surface area contributed by atoms with Crippen LogP contribution in [-0.4, -0.2) is 29.1 Å². The molecule has 0 aliphatic carbocycles.